The summed E-state index contributed by atoms with van der Waals surface area (Å²) in [5.41, 5.74) is 0.952. The molecule has 2 fully saturated rings. The lowest BCUT2D eigenvalue weighted by atomic mass is 10.0. The largest absolute Gasteiger partial charge is 0.360 e. The summed E-state index contributed by atoms with van der Waals surface area (Å²) < 4.78 is 6.12. The molecule has 1 unspecified atom stereocenters. The molecule has 22 heavy (non-hydrogen) atoms. The van der Waals surface area contributed by atoms with Crippen LogP contribution in [0.5, 0.6) is 0 Å². The first-order valence-electron chi connectivity index (χ1n) is 8.02. The van der Waals surface area contributed by atoms with Crippen LogP contribution in [0, 0.1) is 5.92 Å². The molecule has 1 aromatic rings. The van der Waals surface area contributed by atoms with Gasteiger partial charge in [0.2, 0.25) is 0 Å². The van der Waals surface area contributed by atoms with E-state index < -0.39 is 6.10 Å². The molecule has 0 aromatic heterocycles. The molecule has 1 heterocycles. The van der Waals surface area contributed by atoms with E-state index in [0.717, 1.165) is 38.0 Å². The zero-order valence-electron chi connectivity index (χ0n) is 12.8. The average Bonchev–Trinajstić information content (AvgIpc) is 2.97. The van der Waals surface area contributed by atoms with E-state index >= 15 is 0 Å². The molecule has 1 amide bonds. The number of ether oxygens (including phenoxy) is 1. The molecule has 1 atom stereocenters. The maximum absolute atomic E-state index is 12.5. The van der Waals surface area contributed by atoms with Gasteiger partial charge in [0.25, 0.3) is 5.91 Å². The van der Waals surface area contributed by atoms with Gasteiger partial charge in [-0.2, -0.15) is 0 Å². The van der Waals surface area contributed by atoms with Gasteiger partial charge >= 0.3 is 0 Å². The lowest BCUT2D eigenvalue weighted by molar-refractivity contribution is -0.137. The van der Waals surface area contributed by atoms with Gasteiger partial charge in [0.15, 0.2) is 6.10 Å². The highest BCUT2D eigenvalue weighted by molar-refractivity contribution is 5.85. The third-order valence-corrected chi connectivity index (χ3v) is 4.40. The van der Waals surface area contributed by atoms with Crippen LogP contribution in [0.4, 0.5) is 0 Å². The van der Waals surface area contributed by atoms with E-state index in [2.05, 4.69) is 10.6 Å². The number of hydrogen-bond donors (Lipinski definition) is 2. The van der Waals surface area contributed by atoms with Crippen LogP contribution >= 0.6 is 12.4 Å². The highest BCUT2D eigenvalue weighted by Crippen LogP contribution is 2.28. The van der Waals surface area contributed by atoms with Crippen molar-refractivity contribution in [2.75, 3.05) is 19.6 Å². The molecule has 1 saturated carbocycles. The Morgan fingerprint density at radius 3 is 2.50 bits per heavy atom. The normalized spacial score (nSPS) is 20.0. The molecule has 122 valence electrons. The fraction of sp³-hybridized carbons (Fsp3) is 0.588. The SMILES string of the molecule is Cl.O=C(NCC1CNC1)C(OC1CCCC1)c1ccccc1. The van der Waals surface area contributed by atoms with Crippen LogP contribution in [0.25, 0.3) is 0 Å². The Morgan fingerprint density at radius 1 is 1.23 bits per heavy atom. The average molecular weight is 325 g/mol. The Balaban J connectivity index is 0.00000176. The summed E-state index contributed by atoms with van der Waals surface area (Å²) in [5.74, 6) is 0.567. The molecule has 0 spiro atoms. The molecular weight excluding hydrogens is 300 g/mol. The quantitative estimate of drug-likeness (QED) is 0.845. The van der Waals surface area contributed by atoms with Crippen LogP contribution in [-0.4, -0.2) is 31.6 Å². The number of benzene rings is 1. The van der Waals surface area contributed by atoms with Crippen LogP contribution < -0.4 is 10.6 Å². The first kappa shape index (κ1) is 17.3. The predicted octanol–water partition coefficient (Wildman–Crippen LogP) is 2.44. The lowest BCUT2D eigenvalue weighted by Gasteiger charge is -2.28. The van der Waals surface area contributed by atoms with Crippen LogP contribution in [0.3, 0.4) is 0 Å². The van der Waals surface area contributed by atoms with Gasteiger partial charge in [0.1, 0.15) is 0 Å². The third kappa shape index (κ3) is 4.45. The summed E-state index contributed by atoms with van der Waals surface area (Å²) in [6, 6.07) is 9.84. The molecule has 2 aliphatic rings. The van der Waals surface area contributed by atoms with Crippen LogP contribution in [0.1, 0.15) is 37.4 Å². The van der Waals surface area contributed by atoms with Crippen molar-refractivity contribution >= 4 is 18.3 Å². The summed E-state index contributed by atoms with van der Waals surface area (Å²) >= 11 is 0. The Bertz CT molecular complexity index is 459. The number of carbonyl (C=O) groups excluding carboxylic acids is 1. The van der Waals surface area contributed by atoms with E-state index in [0.29, 0.717) is 5.92 Å². The molecular formula is C17H25ClN2O2. The minimum Gasteiger partial charge on any atom is -0.360 e. The minimum absolute atomic E-state index is 0. The smallest absolute Gasteiger partial charge is 0.253 e. The van der Waals surface area contributed by atoms with E-state index in [1.54, 1.807) is 0 Å². The molecule has 3 rings (SSSR count). The lowest BCUT2D eigenvalue weighted by Crippen LogP contribution is -2.49. The first-order chi connectivity index (χ1) is 10.3. The summed E-state index contributed by atoms with van der Waals surface area (Å²) in [6.07, 6.45) is 4.32. The fourth-order valence-electron chi connectivity index (χ4n) is 2.97. The summed E-state index contributed by atoms with van der Waals surface area (Å²) in [7, 11) is 0. The topological polar surface area (TPSA) is 50.4 Å². The molecule has 1 aromatic carbocycles. The van der Waals surface area contributed by atoms with Gasteiger partial charge in [-0.3, -0.25) is 4.79 Å². The molecule has 1 aliphatic carbocycles. The molecule has 0 radical (unpaired) electrons. The second kappa shape index (κ2) is 8.51. The number of nitrogens with one attached hydrogen (secondary N) is 2. The molecule has 4 nitrogen and oxygen atoms in total. The van der Waals surface area contributed by atoms with Gasteiger partial charge in [0, 0.05) is 25.6 Å². The van der Waals surface area contributed by atoms with Gasteiger partial charge in [-0.05, 0) is 18.4 Å². The zero-order chi connectivity index (χ0) is 14.5. The van der Waals surface area contributed by atoms with Crippen molar-refractivity contribution in [1.29, 1.82) is 0 Å². The summed E-state index contributed by atoms with van der Waals surface area (Å²) in [5, 5.41) is 6.28. The van der Waals surface area contributed by atoms with Crippen molar-refractivity contribution in [1.82, 2.24) is 10.6 Å². The number of rotatable bonds is 6. The van der Waals surface area contributed by atoms with Gasteiger partial charge in [0.05, 0.1) is 6.10 Å². The van der Waals surface area contributed by atoms with E-state index in [4.69, 9.17) is 4.74 Å². The predicted molar refractivity (Wildman–Crippen MR) is 89.1 cm³/mol. The molecule has 1 aliphatic heterocycles. The Kier molecular flexibility index (Phi) is 6.68. The fourth-order valence-corrected chi connectivity index (χ4v) is 2.97. The first-order valence-corrected chi connectivity index (χ1v) is 8.02. The van der Waals surface area contributed by atoms with Crippen molar-refractivity contribution in [2.24, 2.45) is 5.92 Å². The van der Waals surface area contributed by atoms with E-state index in [1.807, 2.05) is 30.3 Å². The van der Waals surface area contributed by atoms with Gasteiger partial charge < -0.3 is 15.4 Å². The standard InChI is InChI=1S/C17H24N2O2.ClH/c20-17(19-12-13-10-18-11-13)16(14-6-2-1-3-7-14)21-15-8-4-5-9-15;/h1-3,6-7,13,15-16,18H,4-5,8-12H2,(H,19,20);1H. The number of carbonyl (C=O) groups is 1. The van der Waals surface area contributed by atoms with E-state index in [9.17, 15) is 4.79 Å². The molecule has 0 bridgehead atoms. The maximum atomic E-state index is 12.5. The number of hydrogen-bond acceptors (Lipinski definition) is 3. The van der Waals surface area contributed by atoms with E-state index in [1.165, 1.54) is 12.8 Å². The van der Waals surface area contributed by atoms with Gasteiger partial charge in [-0.25, -0.2) is 0 Å². The summed E-state index contributed by atoms with van der Waals surface area (Å²) in [4.78, 5) is 12.5. The number of amides is 1. The Morgan fingerprint density at radius 2 is 1.91 bits per heavy atom. The van der Waals surface area contributed by atoms with Crippen LogP contribution in [0.15, 0.2) is 30.3 Å². The van der Waals surface area contributed by atoms with Crippen molar-refractivity contribution in [3.05, 3.63) is 35.9 Å². The second-order valence-electron chi connectivity index (χ2n) is 6.10. The van der Waals surface area contributed by atoms with Crippen LogP contribution in [0.2, 0.25) is 0 Å². The van der Waals surface area contributed by atoms with Crippen molar-refractivity contribution in [3.8, 4) is 0 Å². The highest BCUT2D eigenvalue weighted by Gasteiger charge is 2.28. The highest BCUT2D eigenvalue weighted by atomic mass is 35.5. The monoisotopic (exact) mass is 324 g/mol. The van der Waals surface area contributed by atoms with Crippen molar-refractivity contribution in [3.63, 3.8) is 0 Å². The third-order valence-electron chi connectivity index (χ3n) is 4.40. The number of halogens is 1. The molecule has 1 saturated heterocycles. The summed E-state index contributed by atoms with van der Waals surface area (Å²) in [6.45, 7) is 2.74. The zero-order valence-corrected chi connectivity index (χ0v) is 13.6. The van der Waals surface area contributed by atoms with Crippen molar-refractivity contribution < 1.29 is 9.53 Å². The Labute approximate surface area is 138 Å². The molecule has 5 heteroatoms. The van der Waals surface area contributed by atoms with Gasteiger partial charge in [-0.15, -0.1) is 12.4 Å². The molecule has 2 N–H and O–H groups in total. The van der Waals surface area contributed by atoms with Crippen LogP contribution in [-0.2, 0) is 9.53 Å². The Hall–Kier alpha value is -1.10. The maximum Gasteiger partial charge on any atom is 0.253 e. The van der Waals surface area contributed by atoms with E-state index in [-0.39, 0.29) is 24.4 Å². The van der Waals surface area contributed by atoms with Crippen molar-refractivity contribution in [2.45, 2.75) is 37.9 Å². The second-order valence-corrected chi connectivity index (χ2v) is 6.10. The minimum atomic E-state index is -0.470. The van der Waals surface area contributed by atoms with Gasteiger partial charge in [-0.1, -0.05) is 43.2 Å².